The first-order valence-corrected chi connectivity index (χ1v) is 19.0. The Hall–Kier alpha value is -2.46. The first-order valence-electron chi connectivity index (χ1n) is 14.1. The van der Waals surface area contributed by atoms with Crippen molar-refractivity contribution in [2.45, 2.75) is 38.5 Å². The van der Waals surface area contributed by atoms with Crippen LogP contribution in [0.2, 0.25) is 0 Å². The molecule has 4 atom stereocenters. The van der Waals surface area contributed by atoms with E-state index in [1.807, 2.05) is 45.3 Å². The molecule has 1 fully saturated rings. The smallest absolute Gasteiger partial charge is 0.167 e. The van der Waals surface area contributed by atoms with E-state index in [0.717, 1.165) is 24.0 Å². The van der Waals surface area contributed by atoms with Gasteiger partial charge in [0, 0.05) is 93.3 Å². The number of rotatable bonds is 4. The van der Waals surface area contributed by atoms with Crippen molar-refractivity contribution in [3.05, 3.63) is 91.3 Å². The maximum atomic E-state index is 13.8. The van der Waals surface area contributed by atoms with Gasteiger partial charge in [-0.1, -0.05) is 0 Å². The molecule has 0 aliphatic heterocycles. The quantitative estimate of drug-likeness (QED) is 0.189. The molecule has 9 rings (SSSR count). The van der Waals surface area contributed by atoms with Crippen LogP contribution in [0.25, 0.3) is 39.0 Å². The number of carbonyl (C=O) groups excluding carboxylic acids is 2. The number of hydrogen-bond acceptors (Lipinski definition) is 8. The van der Waals surface area contributed by atoms with E-state index in [1.54, 1.807) is 22.7 Å². The Balaban J connectivity index is 0.985. The van der Waals surface area contributed by atoms with Gasteiger partial charge in [0.2, 0.25) is 0 Å². The summed E-state index contributed by atoms with van der Waals surface area (Å²) in [5.41, 5.74) is 1.84. The fourth-order valence-electron chi connectivity index (χ4n) is 7.09. The molecule has 8 heteroatoms. The van der Waals surface area contributed by atoms with E-state index < -0.39 is 0 Å². The number of hydrogen-bond donors (Lipinski definition) is 0. The highest BCUT2D eigenvalue weighted by Crippen LogP contribution is 2.61. The van der Waals surface area contributed by atoms with Crippen molar-refractivity contribution in [3.63, 3.8) is 0 Å². The molecule has 0 bridgehead atoms. The molecule has 0 spiro atoms. The monoisotopic (exact) mass is 656 g/mol. The number of thiophene rings is 6. The van der Waals surface area contributed by atoms with E-state index in [2.05, 4.69) is 74.5 Å². The lowest BCUT2D eigenvalue weighted by Gasteiger charge is -2.33. The summed E-state index contributed by atoms with van der Waals surface area (Å²) < 4.78 is 0. The standard InChI is InChI=1S/C34H24O2S6/c1-15-3-5-23(37-15)25-7-9-27(39-25)29-13-21-31(35)17-12-20-18(11-19(17)33(21)41-29)32(36)22-14-30(42-34(20)22)28-10-8-26(40-28)24-6-4-16(2)38-24/h3-10,13-14,17-20H,11-12H2,1-2H3. The van der Waals surface area contributed by atoms with Crippen LogP contribution in [0.1, 0.15) is 64.9 Å². The van der Waals surface area contributed by atoms with Crippen LogP contribution in [0, 0.1) is 25.7 Å². The second-order valence-corrected chi connectivity index (χ2v) is 18.5. The second-order valence-electron chi connectivity index (χ2n) is 11.6. The molecule has 6 aromatic heterocycles. The zero-order chi connectivity index (χ0) is 28.3. The third kappa shape index (κ3) is 3.89. The van der Waals surface area contributed by atoms with Gasteiger partial charge in [-0.25, -0.2) is 0 Å². The van der Waals surface area contributed by atoms with Crippen LogP contribution < -0.4 is 0 Å². The summed E-state index contributed by atoms with van der Waals surface area (Å²) in [6.45, 7) is 4.28. The highest BCUT2D eigenvalue weighted by molar-refractivity contribution is 7.27. The molecule has 3 aliphatic carbocycles. The second kappa shape index (κ2) is 9.52. The molecule has 4 unspecified atom stereocenters. The van der Waals surface area contributed by atoms with Crippen molar-refractivity contribution >= 4 is 79.6 Å². The minimum atomic E-state index is 0.00856. The Morgan fingerprint density at radius 1 is 0.452 bits per heavy atom. The summed E-state index contributed by atoms with van der Waals surface area (Å²) in [5.74, 6) is 0.974. The zero-order valence-corrected chi connectivity index (χ0v) is 27.7. The zero-order valence-electron chi connectivity index (χ0n) is 22.8. The van der Waals surface area contributed by atoms with Gasteiger partial charge < -0.3 is 0 Å². The predicted molar refractivity (Wildman–Crippen MR) is 182 cm³/mol. The van der Waals surface area contributed by atoms with Crippen molar-refractivity contribution in [2.75, 3.05) is 0 Å². The van der Waals surface area contributed by atoms with Crippen LogP contribution >= 0.6 is 68.0 Å². The average molecular weight is 657 g/mol. The third-order valence-corrected chi connectivity index (χ3v) is 16.5. The Kier molecular flexibility index (Phi) is 5.89. The summed E-state index contributed by atoms with van der Waals surface area (Å²) in [6.07, 6.45) is 1.60. The molecular formula is C34H24O2S6. The van der Waals surface area contributed by atoms with Crippen LogP contribution in [-0.4, -0.2) is 11.6 Å². The maximum Gasteiger partial charge on any atom is 0.167 e. The summed E-state index contributed by atoms with van der Waals surface area (Å²) in [4.78, 5) is 42.6. The normalized spacial score (nSPS) is 22.4. The summed E-state index contributed by atoms with van der Waals surface area (Å²) in [6, 6.07) is 21.8. The number of Topliss-reactive ketones (excluding diaryl/α,β-unsaturated/α-hetero) is 2. The number of aryl methyl sites for hydroxylation is 2. The first-order chi connectivity index (χ1) is 20.4. The van der Waals surface area contributed by atoms with E-state index in [9.17, 15) is 9.59 Å². The number of ketones is 2. The highest BCUT2D eigenvalue weighted by Gasteiger charge is 2.53. The van der Waals surface area contributed by atoms with Crippen molar-refractivity contribution in [3.8, 4) is 39.0 Å². The summed E-state index contributed by atoms with van der Waals surface area (Å²) in [7, 11) is 0. The average Bonchev–Trinajstić information content (AvgIpc) is 3.81. The molecule has 0 saturated heterocycles. The lowest BCUT2D eigenvalue weighted by Crippen LogP contribution is -2.29. The van der Waals surface area contributed by atoms with Crippen molar-refractivity contribution in [1.29, 1.82) is 0 Å². The highest BCUT2D eigenvalue weighted by atomic mass is 32.1. The van der Waals surface area contributed by atoms with Crippen LogP contribution in [0.3, 0.4) is 0 Å². The predicted octanol–water partition coefficient (Wildman–Crippen LogP) is 11.6. The molecule has 0 radical (unpaired) electrons. The van der Waals surface area contributed by atoms with Crippen molar-refractivity contribution < 1.29 is 9.59 Å². The van der Waals surface area contributed by atoms with Crippen molar-refractivity contribution in [2.24, 2.45) is 11.8 Å². The Labute approximate surface area is 268 Å². The summed E-state index contributed by atoms with van der Waals surface area (Å²) in [5, 5.41) is 0. The Morgan fingerprint density at radius 3 is 1.19 bits per heavy atom. The molecule has 0 N–H and O–H groups in total. The SMILES string of the molecule is Cc1ccc(-c2ccc(-c3cc4c(s3)C3CC5C(=O)c6cc(-c7ccc(-c8ccc(C)s8)s7)sc6C5CC3C4=O)s2)s1. The minimum absolute atomic E-state index is 0.00856. The lowest BCUT2D eigenvalue weighted by atomic mass is 9.70. The Bertz CT molecular complexity index is 1910. The molecule has 208 valence electrons. The van der Waals surface area contributed by atoms with Crippen LogP contribution in [0.4, 0.5) is 0 Å². The van der Waals surface area contributed by atoms with Gasteiger partial charge in [-0.3, -0.25) is 9.59 Å². The first kappa shape index (κ1) is 26.0. The van der Waals surface area contributed by atoms with E-state index in [0.29, 0.717) is 11.6 Å². The summed E-state index contributed by atoms with van der Waals surface area (Å²) >= 11 is 10.8. The van der Waals surface area contributed by atoms with Gasteiger partial charge in [-0.2, -0.15) is 0 Å². The third-order valence-electron chi connectivity index (χ3n) is 9.05. The molecule has 0 aromatic carbocycles. The van der Waals surface area contributed by atoms with Crippen LogP contribution in [-0.2, 0) is 0 Å². The number of fused-ring (bicyclic) bond motifs is 6. The van der Waals surface area contributed by atoms with Gasteiger partial charge in [-0.15, -0.1) is 68.0 Å². The van der Waals surface area contributed by atoms with E-state index in [-0.39, 0.29) is 23.7 Å². The van der Waals surface area contributed by atoms with E-state index in [1.165, 1.54) is 58.5 Å². The Morgan fingerprint density at radius 2 is 0.810 bits per heavy atom. The molecule has 6 heterocycles. The maximum absolute atomic E-state index is 13.8. The van der Waals surface area contributed by atoms with Crippen molar-refractivity contribution in [1.82, 2.24) is 0 Å². The van der Waals surface area contributed by atoms with Crippen LogP contribution in [0.15, 0.2) is 60.7 Å². The number of carbonyl (C=O) groups is 2. The fourth-order valence-corrected chi connectivity index (χ4v) is 13.9. The van der Waals surface area contributed by atoms with Crippen LogP contribution in [0.5, 0.6) is 0 Å². The largest absolute Gasteiger partial charge is 0.294 e. The molecule has 3 aliphatic rings. The topological polar surface area (TPSA) is 34.1 Å². The van der Waals surface area contributed by atoms with E-state index in [4.69, 9.17) is 0 Å². The van der Waals surface area contributed by atoms with Gasteiger partial charge in [0.25, 0.3) is 0 Å². The molecule has 6 aromatic rings. The van der Waals surface area contributed by atoms with Gasteiger partial charge in [0.05, 0.1) is 0 Å². The minimum Gasteiger partial charge on any atom is -0.294 e. The molecule has 42 heavy (non-hydrogen) atoms. The van der Waals surface area contributed by atoms with E-state index >= 15 is 0 Å². The van der Waals surface area contributed by atoms with Gasteiger partial charge >= 0.3 is 0 Å². The van der Waals surface area contributed by atoms with Gasteiger partial charge in [0.15, 0.2) is 11.6 Å². The van der Waals surface area contributed by atoms with Gasteiger partial charge in [-0.05, 0) is 87.4 Å². The van der Waals surface area contributed by atoms with Gasteiger partial charge in [0.1, 0.15) is 0 Å². The molecule has 1 saturated carbocycles. The fraction of sp³-hybridized carbons (Fsp3) is 0.235. The lowest BCUT2D eigenvalue weighted by molar-refractivity contribution is 0.0790. The molecule has 0 amide bonds. The molecular weight excluding hydrogens is 633 g/mol. The molecule has 2 nitrogen and oxygen atoms in total.